The molecule has 23 heavy (non-hydrogen) atoms. The number of hydrogen-bond donors (Lipinski definition) is 1. The number of halogens is 3. The Balaban J connectivity index is 1.84. The summed E-state index contributed by atoms with van der Waals surface area (Å²) in [5, 5.41) is 5.29. The Morgan fingerprint density at radius 3 is 2.74 bits per heavy atom. The van der Waals surface area contributed by atoms with Crippen LogP contribution in [0.15, 0.2) is 48.1 Å². The van der Waals surface area contributed by atoms with E-state index in [-0.39, 0.29) is 0 Å². The molecule has 0 saturated heterocycles. The largest absolute Gasteiger partial charge is 0.416 e. The molecule has 0 bridgehead atoms. The fourth-order valence-electron chi connectivity index (χ4n) is 2.08. The lowest BCUT2D eigenvalue weighted by Crippen LogP contribution is -2.05. The highest BCUT2D eigenvalue weighted by atomic mass is 32.1. The van der Waals surface area contributed by atoms with Crippen LogP contribution in [0, 0.1) is 6.92 Å². The molecule has 1 aromatic carbocycles. The van der Waals surface area contributed by atoms with Gasteiger partial charge in [-0.2, -0.15) is 13.2 Å². The Hall–Kier alpha value is -2.41. The minimum atomic E-state index is -4.36. The van der Waals surface area contributed by atoms with Crippen molar-refractivity contribution in [3.8, 4) is 11.3 Å². The number of nitrogens with one attached hydrogen (secondary N) is 1. The van der Waals surface area contributed by atoms with Gasteiger partial charge in [-0.3, -0.25) is 4.98 Å². The Morgan fingerprint density at radius 2 is 2.00 bits per heavy atom. The molecule has 3 aromatic rings. The quantitative estimate of drug-likeness (QED) is 0.708. The first-order chi connectivity index (χ1) is 10.9. The molecule has 0 radical (unpaired) electrons. The SMILES string of the molecule is Cc1ccncc1-c1csc(Nc2cccc(C(F)(F)F)c2)n1. The summed E-state index contributed by atoms with van der Waals surface area (Å²) in [6, 6.07) is 6.93. The van der Waals surface area contributed by atoms with E-state index in [1.165, 1.54) is 17.4 Å². The third kappa shape index (κ3) is 3.50. The zero-order valence-corrected chi connectivity index (χ0v) is 12.9. The van der Waals surface area contributed by atoms with Crippen molar-refractivity contribution in [3.63, 3.8) is 0 Å². The van der Waals surface area contributed by atoms with Gasteiger partial charge in [-0.15, -0.1) is 11.3 Å². The van der Waals surface area contributed by atoms with Gasteiger partial charge in [0, 0.05) is 29.0 Å². The number of nitrogens with zero attached hydrogens (tertiary/aromatic N) is 2. The van der Waals surface area contributed by atoms with E-state index in [4.69, 9.17) is 0 Å². The van der Waals surface area contributed by atoms with Gasteiger partial charge in [-0.1, -0.05) is 6.07 Å². The summed E-state index contributed by atoms with van der Waals surface area (Å²) in [6.45, 7) is 1.95. The molecule has 0 aliphatic heterocycles. The zero-order valence-electron chi connectivity index (χ0n) is 12.1. The van der Waals surface area contributed by atoms with E-state index < -0.39 is 11.7 Å². The van der Waals surface area contributed by atoms with Gasteiger partial charge in [0.2, 0.25) is 0 Å². The summed E-state index contributed by atoms with van der Waals surface area (Å²) in [7, 11) is 0. The summed E-state index contributed by atoms with van der Waals surface area (Å²) in [6.07, 6.45) is -0.940. The van der Waals surface area contributed by atoms with Crippen LogP contribution >= 0.6 is 11.3 Å². The third-order valence-corrected chi connectivity index (χ3v) is 4.02. The van der Waals surface area contributed by atoms with Gasteiger partial charge in [-0.25, -0.2) is 4.98 Å². The third-order valence-electron chi connectivity index (χ3n) is 3.26. The van der Waals surface area contributed by atoms with Crippen LogP contribution in [0.3, 0.4) is 0 Å². The fraction of sp³-hybridized carbons (Fsp3) is 0.125. The van der Waals surface area contributed by atoms with Crippen LogP contribution < -0.4 is 5.32 Å². The lowest BCUT2D eigenvalue weighted by Gasteiger charge is -2.09. The summed E-state index contributed by atoms with van der Waals surface area (Å²) in [5.41, 5.74) is 2.35. The van der Waals surface area contributed by atoms with Crippen LogP contribution in [-0.2, 0) is 6.18 Å². The number of pyridine rings is 1. The van der Waals surface area contributed by atoms with Crippen molar-refractivity contribution in [1.29, 1.82) is 0 Å². The average molecular weight is 335 g/mol. The van der Waals surface area contributed by atoms with E-state index in [9.17, 15) is 13.2 Å². The molecule has 2 aromatic heterocycles. The maximum Gasteiger partial charge on any atom is 0.416 e. The standard InChI is InChI=1S/C16H12F3N3S/c1-10-5-6-20-8-13(10)14-9-23-15(22-14)21-12-4-2-3-11(7-12)16(17,18)19/h2-9H,1H3,(H,21,22). The topological polar surface area (TPSA) is 37.8 Å². The summed E-state index contributed by atoms with van der Waals surface area (Å²) in [5.74, 6) is 0. The van der Waals surface area contributed by atoms with E-state index >= 15 is 0 Å². The van der Waals surface area contributed by atoms with E-state index in [0.29, 0.717) is 10.8 Å². The van der Waals surface area contributed by atoms with Gasteiger partial charge in [0.15, 0.2) is 5.13 Å². The number of aryl methyl sites for hydroxylation is 1. The normalized spacial score (nSPS) is 11.5. The van der Waals surface area contributed by atoms with Crippen molar-refractivity contribution in [2.24, 2.45) is 0 Å². The number of rotatable bonds is 3. The molecule has 118 valence electrons. The molecular weight excluding hydrogens is 323 g/mol. The van der Waals surface area contributed by atoms with E-state index in [0.717, 1.165) is 29.0 Å². The van der Waals surface area contributed by atoms with Crippen LogP contribution in [0.5, 0.6) is 0 Å². The van der Waals surface area contributed by atoms with Gasteiger partial charge in [0.05, 0.1) is 11.3 Å². The Bertz CT molecular complexity index is 827. The molecule has 2 heterocycles. The molecule has 0 unspecified atom stereocenters. The molecule has 0 fully saturated rings. The molecule has 7 heteroatoms. The van der Waals surface area contributed by atoms with Crippen molar-refractivity contribution in [2.75, 3.05) is 5.32 Å². The van der Waals surface area contributed by atoms with Gasteiger partial charge in [-0.05, 0) is 36.8 Å². The number of hydrogen-bond acceptors (Lipinski definition) is 4. The van der Waals surface area contributed by atoms with Crippen molar-refractivity contribution in [3.05, 3.63) is 59.2 Å². The number of benzene rings is 1. The first-order valence-electron chi connectivity index (χ1n) is 6.74. The molecule has 0 saturated carbocycles. The van der Waals surface area contributed by atoms with Gasteiger partial charge in [0.25, 0.3) is 0 Å². The Morgan fingerprint density at radius 1 is 1.17 bits per heavy atom. The van der Waals surface area contributed by atoms with Crippen molar-refractivity contribution < 1.29 is 13.2 Å². The van der Waals surface area contributed by atoms with Crippen molar-refractivity contribution >= 4 is 22.2 Å². The maximum atomic E-state index is 12.7. The summed E-state index contributed by atoms with van der Waals surface area (Å²) < 4.78 is 38.2. The second-order valence-corrected chi connectivity index (χ2v) is 5.79. The Labute approximate surface area is 134 Å². The van der Waals surface area contributed by atoms with Crippen LogP contribution in [0.2, 0.25) is 0 Å². The second kappa shape index (κ2) is 6.00. The molecule has 0 aliphatic carbocycles. The predicted molar refractivity (Wildman–Crippen MR) is 84.8 cm³/mol. The molecule has 0 aliphatic rings. The van der Waals surface area contributed by atoms with E-state index in [2.05, 4.69) is 15.3 Å². The molecule has 3 rings (SSSR count). The summed E-state index contributed by atoms with van der Waals surface area (Å²) in [4.78, 5) is 8.49. The van der Waals surface area contributed by atoms with Crippen LogP contribution in [0.1, 0.15) is 11.1 Å². The monoisotopic (exact) mass is 335 g/mol. The Kier molecular flexibility index (Phi) is 4.04. The molecule has 1 N–H and O–H groups in total. The number of alkyl halides is 3. The van der Waals surface area contributed by atoms with E-state index in [1.807, 2.05) is 18.4 Å². The average Bonchev–Trinajstić information content (AvgIpc) is 2.95. The molecule has 0 spiro atoms. The van der Waals surface area contributed by atoms with Gasteiger partial charge >= 0.3 is 6.18 Å². The fourth-order valence-corrected chi connectivity index (χ4v) is 2.81. The molecule has 0 amide bonds. The smallest absolute Gasteiger partial charge is 0.332 e. The first kappa shape index (κ1) is 15.5. The number of thiazole rings is 1. The highest BCUT2D eigenvalue weighted by Crippen LogP contribution is 2.32. The van der Waals surface area contributed by atoms with Crippen molar-refractivity contribution in [2.45, 2.75) is 13.1 Å². The minimum absolute atomic E-state index is 0.351. The van der Waals surface area contributed by atoms with Crippen molar-refractivity contribution in [1.82, 2.24) is 9.97 Å². The molecule has 0 atom stereocenters. The maximum absolute atomic E-state index is 12.7. The zero-order chi connectivity index (χ0) is 16.4. The molecular formula is C16H12F3N3S. The van der Waals surface area contributed by atoms with Gasteiger partial charge in [0.1, 0.15) is 0 Å². The number of anilines is 2. The molecule has 3 nitrogen and oxygen atoms in total. The summed E-state index contributed by atoms with van der Waals surface area (Å²) >= 11 is 1.33. The van der Waals surface area contributed by atoms with E-state index in [1.54, 1.807) is 18.5 Å². The highest BCUT2D eigenvalue weighted by Gasteiger charge is 2.30. The first-order valence-corrected chi connectivity index (χ1v) is 7.62. The number of aromatic nitrogens is 2. The van der Waals surface area contributed by atoms with Crippen LogP contribution in [-0.4, -0.2) is 9.97 Å². The van der Waals surface area contributed by atoms with Crippen LogP contribution in [0.4, 0.5) is 24.0 Å². The van der Waals surface area contributed by atoms with Gasteiger partial charge < -0.3 is 5.32 Å². The lowest BCUT2D eigenvalue weighted by atomic mass is 10.1. The second-order valence-electron chi connectivity index (χ2n) is 4.93. The highest BCUT2D eigenvalue weighted by molar-refractivity contribution is 7.14. The predicted octanol–water partition coefficient (Wildman–Crippen LogP) is 5.28. The minimum Gasteiger partial charge on any atom is -0.332 e. The van der Waals surface area contributed by atoms with Crippen LogP contribution in [0.25, 0.3) is 11.3 Å². The lowest BCUT2D eigenvalue weighted by molar-refractivity contribution is -0.137.